The average molecular weight is 441 g/mol. The van der Waals surface area contributed by atoms with Crippen molar-refractivity contribution in [1.29, 1.82) is 0 Å². The highest BCUT2D eigenvalue weighted by molar-refractivity contribution is 6.02. The zero-order chi connectivity index (χ0) is 23.0. The molecule has 0 saturated heterocycles. The fraction of sp³-hybridized carbons (Fsp3) is 0.357. The maximum Gasteiger partial charge on any atom is 0.150 e. The first-order chi connectivity index (χ1) is 15.9. The summed E-state index contributed by atoms with van der Waals surface area (Å²) in [5.41, 5.74) is 4.57. The number of benzene rings is 2. The summed E-state index contributed by atoms with van der Waals surface area (Å²) in [4.78, 5) is 9.46. The maximum atomic E-state index is 5.35. The molecule has 1 N–H and O–H groups in total. The number of hydrogen-bond acceptors (Lipinski definition) is 4. The topological polar surface area (TPSA) is 52.0 Å². The highest BCUT2D eigenvalue weighted by Crippen LogP contribution is 2.41. The van der Waals surface area contributed by atoms with Gasteiger partial charge in [-0.15, -0.1) is 0 Å². The molecule has 5 nitrogen and oxygen atoms in total. The molecule has 0 amide bonds. The summed E-state index contributed by atoms with van der Waals surface area (Å²) in [6.07, 6.45) is 7.43. The molecule has 0 radical (unpaired) electrons. The number of hydrogen-bond donors (Lipinski definition) is 1. The minimum Gasteiger partial charge on any atom is -0.497 e. The van der Waals surface area contributed by atoms with Crippen molar-refractivity contribution in [3.8, 4) is 22.6 Å². The Morgan fingerprint density at radius 3 is 2.45 bits per heavy atom. The van der Waals surface area contributed by atoms with Crippen molar-refractivity contribution in [3.05, 3.63) is 67.1 Å². The highest BCUT2D eigenvalue weighted by atomic mass is 16.5. The third-order valence-corrected chi connectivity index (χ3v) is 6.75. The molecule has 5 rings (SSSR count). The second kappa shape index (κ2) is 8.54. The maximum absolute atomic E-state index is 5.35. The van der Waals surface area contributed by atoms with E-state index in [-0.39, 0.29) is 0 Å². The molecule has 2 aromatic carbocycles. The van der Waals surface area contributed by atoms with Gasteiger partial charge in [-0.3, -0.25) is 0 Å². The second-order valence-electron chi connectivity index (χ2n) is 10.2. The van der Waals surface area contributed by atoms with Crippen LogP contribution in [0, 0.1) is 11.3 Å². The Labute approximate surface area is 195 Å². The van der Waals surface area contributed by atoms with Crippen LogP contribution >= 0.6 is 0 Å². The van der Waals surface area contributed by atoms with Crippen LogP contribution in [-0.2, 0) is 0 Å². The lowest BCUT2D eigenvalue weighted by Crippen LogP contribution is -2.35. The Morgan fingerprint density at radius 2 is 1.76 bits per heavy atom. The summed E-state index contributed by atoms with van der Waals surface area (Å²) in [6, 6.07) is 19.0. The van der Waals surface area contributed by atoms with Crippen LogP contribution in [0.3, 0.4) is 0 Å². The molecular formula is C28H32N4O. The molecule has 1 saturated carbocycles. The molecule has 1 aliphatic rings. The zero-order valence-corrected chi connectivity index (χ0v) is 19.9. The van der Waals surface area contributed by atoms with Gasteiger partial charge in [0.1, 0.15) is 17.9 Å². The molecule has 0 bridgehead atoms. The number of aromatic nitrogens is 3. The first kappa shape index (κ1) is 21.5. The van der Waals surface area contributed by atoms with Gasteiger partial charge in [0.05, 0.1) is 12.5 Å². The zero-order valence-electron chi connectivity index (χ0n) is 19.9. The SMILES string of the molecule is COc1ccc(-n2cc(-c3ccccc3)c3c(N[C@@H]4C[C@H](C)CC(C)(C)C4)ncnc32)cc1. The van der Waals surface area contributed by atoms with Crippen molar-refractivity contribution in [3.63, 3.8) is 0 Å². The lowest BCUT2D eigenvalue weighted by Gasteiger charge is -2.39. The summed E-state index contributed by atoms with van der Waals surface area (Å²) in [6.45, 7) is 7.12. The van der Waals surface area contributed by atoms with Gasteiger partial charge in [-0.1, -0.05) is 51.1 Å². The van der Waals surface area contributed by atoms with Crippen LogP contribution in [-0.4, -0.2) is 27.7 Å². The number of fused-ring (bicyclic) bond motifs is 1. The van der Waals surface area contributed by atoms with Gasteiger partial charge in [-0.05, 0) is 60.4 Å². The van der Waals surface area contributed by atoms with Crippen molar-refractivity contribution in [2.75, 3.05) is 12.4 Å². The summed E-state index contributed by atoms with van der Waals surface area (Å²) in [7, 11) is 1.69. The minimum absolute atomic E-state index is 0.332. The summed E-state index contributed by atoms with van der Waals surface area (Å²) < 4.78 is 7.50. The smallest absolute Gasteiger partial charge is 0.150 e. The van der Waals surface area contributed by atoms with E-state index in [2.05, 4.69) is 73.3 Å². The van der Waals surface area contributed by atoms with Gasteiger partial charge in [-0.25, -0.2) is 9.97 Å². The van der Waals surface area contributed by atoms with Crippen molar-refractivity contribution < 1.29 is 4.74 Å². The fourth-order valence-corrected chi connectivity index (χ4v) is 5.60. The van der Waals surface area contributed by atoms with E-state index in [1.807, 2.05) is 18.2 Å². The standard InChI is InChI=1S/C28H32N4O/c1-19-14-21(16-28(2,3)15-19)31-26-25-24(20-8-6-5-7-9-20)17-32(27(25)30-18-29-26)22-10-12-23(33-4)13-11-22/h5-13,17-19,21H,14-16H2,1-4H3,(H,29,30,31)/t19-,21+/m0/s1. The predicted molar refractivity (Wildman–Crippen MR) is 135 cm³/mol. The van der Waals surface area contributed by atoms with Gasteiger partial charge in [0.2, 0.25) is 0 Å². The molecule has 0 unspecified atom stereocenters. The first-order valence-electron chi connectivity index (χ1n) is 11.8. The van der Waals surface area contributed by atoms with Crippen LogP contribution in [0.2, 0.25) is 0 Å². The Kier molecular flexibility index (Phi) is 5.57. The van der Waals surface area contributed by atoms with E-state index in [1.54, 1.807) is 13.4 Å². The van der Waals surface area contributed by atoms with E-state index in [1.165, 1.54) is 6.42 Å². The molecular weight excluding hydrogens is 408 g/mol. The molecule has 1 aliphatic carbocycles. The first-order valence-corrected chi connectivity index (χ1v) is 11.8. The van der Waals surface area contributed by atoms with E-state index < -0.39 is 0 Å². The molecule has 5 heteroatoms. The summed E-state index contributed by atoms with van der Waals surface area (Å²) >= 11 is 0. The third kappa shape index (κ3) is 4.32. The van der Waals surface area contributed by atoms with E-state index in [0.717, 1.165) is 52.3 Å². The molecule has 1 fully saturated rings. The number of anilines is 1. The molecule has 2 aromatic heterocycles. The predicted octanol–water partition coefficient (Wildman–Crippen LogP) is 6.72. The van der Waals surface area contributed by atoms with Gasteiger partial charge in [0.15, 0.2) is 5.65 Å². The lowest BCUT2D eigenvalue weighted by molar-refractivity contribution is 0.178. The largest absolute Gasteiger partial charge is 0.497 e. The van der Waals surface area contributed by atoms with Crippen molar-refractivity contribution in [1.82, 2.24) is 14.5 Å². The molecule has 0 aliphatic heterocycles. The van der Waals surface area contributed by atoms with Gasteiger partial charge in [0, 0.05) is 23.5 Å². The van der Waals surface area contributed by atoms with Crippen molar-refractivity contribution in [2.24, 2.45) is 11.3 Å². The molecule has 0 spiro atoms. The monoisotopic (exact) mass is 440 g/mol. The van der Waals surface area contributed by atoms with Crippen LogP contribution in [0.4, 0.5) is 5.82 Å². The molecule has 2 atom stereocenters. The van der Waals surface area contributed by atoms with Crippen LogP contribution in [0.5, 0.6) is 5.75 Å². The lowest BCUT2D eigenvalue weighted by atomic mass is 9.70. The number of methoxy groups -OCH3 is 1. The Hall–Kier alpha value is -3.34. The molecule has 2 heterocycles. The Balaban J connectivity index is 1.64. The Bertz CT molecular complexity index is 1240. The van der Waals surface area contributed by atoms with Gasteiger partial charge in [0.25, 0.3) is 0 Å². The summed E-state index contributed by atoms with van der Waals surface area (Å²) in [5.74, 6) is 2.45. The van der Waals surface area contributed by atoms with Crippen LogP contribution in [0.1, 0.15) is 40.0 Å². The number of nitrogens with zero attached hydrogens (tertiary/aromatic N) is 3. The minimum atomic E-state index is 0.332. The van der Waals surface area contributed by atoms with Crippen LogP contribution in [0.25, 0.3) is 27.8 Å². The van der Waals surface area contributed by atoms with Gasteiger partial charge in [-0.2, -0.15) is 0 Å². The van der Waals surface area contributed by atoms with E-state index in [4.69, 9.17) is 14.7 Å². The van der Waals surface area contributed by atoms with Gasteiger partial charge < -0.3 is 14.6 Å². The molecule has 33 heavy (non-hydrogen) atoms. The summed E-state index contributed by atoms with van der Waals surface area (Å²) in [5, 5.41) is 4.88. The quantitative estimate of drug-likeness (QED) is 0.374. The molecule has 170 valence electrons. The number of ether oxygens (including phenoxy) is 1. The van der Waals surface area contributed by atoms with Crippen molar-refractivity contribution in [2.45, 2.75) is 46.1 Å². The number of nitrogens with one attached hydrogen (secondary N) is 1. The van der Waals surface area contributed by atoms with E-state index >= 15 is 0 Å². The molecule has 4 aromatic rings. The van der Waals surface area contributed by atoms with E-state index in [9.17, 15) is 0 Å². The third-order valence-electron chi connectivity index (χ3n) is 6.75. The van der Waals surface area contributed by atoms with Crippen LogP contribution in [0.15, 0.2) is 67.1 Å². The van der Waals surface area contributed by atoms with Crippen LogP contribution < -0.4 is 10.1 Å². The van der Waals surface area contributed by atoms with Crippen molar-refractivity contribution >= 4 is 16.9 Å². The normalized spacial score (nSPS) is 20.0. The Morgan fingerprint density at radius 1 is 1.00 bits per heavy atom. The van der Waals surface area contributed by atoms with Gasteiger partial charge >= 0.3 is 0 Å². The fourth-order valence-electron chi connectivity index (χ4n) is 5.60. The highest BCUT2D eigenvalue weighted by Gasteiger charge is 2.32. The number of rotatable bonds is 5. The average Bonchev–Trinajstić information content (AvgIpc) is 3.19. The van der Waals surface area contributed by atoms with E-state index in [0.29, 0.717) is 17.4 Å². The second-order valence-corrected chi connectivity index (χ2v) is 10.2.